The van der Waals surface area contributed by atoms with Gasteiger partial charge >= 0.3 is 0 Å². The number of thiophene rings is 1. The predicted molar refractivity (Wildman–Crippen MR) is 72.0 cm³/mol. The van der Waals surface area contributed by atoms with Crippen molar-refractivity contribution in [2.75, 3.05) is 6.54 Å². The van der Waals surface area contributed by atoms with Crippen molar-refractivity contribution < 1.29 is 0 Å². The molecular weight excluding hydrogens is 214 g/mol. The van der Waals surface area contributed by atoms with Crippen molar-refractivity contribution in [1.82, 2.24) is 5.32 Å². The van der Waals surface area contributed by atoms with Crippen LogP contribution in [0.1, 0.15) is 56.0 Å². The fourth-order valence-electron chi connectivity index (χ4n) is 3.10. The normalized spacial score (nSPS) is 21.2. The lowest BCUT2D eigenvalue weighted by Gasteiger charge is -2.35. The van der Waals surface area contributed by atoms with Gasteiger partial charge in [0.15, 0.2) is 0 Å². The van der Waals surface area contributed by atoms with Crippen LogP contribution in [-0.4, -0.2) is 6.54 Å². The average molecular weight is 237 g/mol. The molecule has 1 aliphatic rings. The molecule has 0 aromatic carbocycles. The number of hydrogen-bond acceptors (Lipinski definition) is 2. The van der Waals surface area contributed by atoms with Crippen molar-refractivity contribution in [3.05, 3.63) is 21.9 Å². The van der Waals surface area contributed by atoms with E-state index >= 15 is 0 Å². The Kier molecular flexibility index (Phi) is 3.70. The van der Waals surface area contributed by atoms with Gasteiger partial charge in [-0.2, -0.15) is 0 Å². The summed E-state index contributed by atoms with van der Waals surface area (Å²) >= 11 is 1.88. The zero-order chi connectivity index (χ0) is 11.6. The van der Waals surface area contributed by atoms with Crippen LogP contribution in [0.25, 0.3) is 0 Å². The van der Waals surface area contributed by atoms with E-state index in [0.717, 1.165) is 6.54 Å². The SMILES string of the molecule is CCNC(c1ccsc1C)C1(C)CCCC1. The van der Waals surface area contributed by atoms with Gasteiger partial charge in [0.25, 0.3) is 0 Å². The topological polar surface area (TPSA) is 12.0 Å². The third kappa shape index (κ3) is 2.18. The van der Waals surface area contributed by atoms with Gasteiger partial charge < -0.3 is 5.32 Å². The second-order valence-electron chi connectivity index (χ2n) is 5.28. The molecule has 0 radical (unpaired) electrons. The van der Waals surface area contributed by atoms with Crippen molar-refractivity contribution >= 4 is 11.3 Å². The third-order valence-electron chi connectivity index (χ3n) is 4.06. The predicted octanol–water partition coefficient (Wildman–Crippen LogP) is 4.29. The van der Waals surface area contributed by atoms with Gasteiger partial charge in [0.1, 0.15) is 0 Å². The van der Waals surface area contributed by atoms with Crippen LogP contribution in [0.15, 0.2) is 11.4 Å². The highest BCUT2D eigenvalue weighted by atomic mass is 32.1. The molecule has 0 aliphatic heterocycles. The molecule has 16 heavy (non-hydrogen) atoms. The molecule has 90 valence electrons. The lowest BCUT2D eigenvalue weighted by atomic mass is 9.77. The highest BCUT2D eigenvalue weighted by Crippen LogP contribution is 2.48. The summed E-state index contributed by atoms with van der Waals surface area (Å²) in [6, 6.07) is 2.88. The maximum Gasteiger partial charge on any atom is 0.0385 e. The van der Waals surface area contributed by atoms with E-state index in [1.165, 1.54) is 36.1 Å². The van der Waals surface area contributed by atoms with Crippen molar-refractivity contribution in [3.8, 4) is 0 Å². The number of rotatable bonds is 4. The van der Waals surface area contributed by atoms with E-state index in [0.29, 0.717) is 11.5 Å². The van der Waals surface area contributed by atoms with Gasteiger partial charge in [0.2, 0.25) is 0 Å². The summed E-state index contributed by atoms with van der Waals surface area (Å²) in [5.74, 6) is 0. The van der Waals surface area contributed by atoms with Gasteiger partial charge in [-0.15, -0.1) is 11.3 Å². The Morgan fingerprint density at radius 3 is 2.62 bits per heavy atom. The first-order chi connectivity index (χ1) is 7.67. The molecule has 0 saturated heterocycles. The summed E-state index contributed by atoms with van der Waals surface area (Å²) in [5.41, 5.74) is 2.01. The van der Waals surface area contributed by atoms with Crippen LogP contribution in [-0.2, 0) is 0 Å². The maximum atomic E-state index is 3.71. The van der Waals surface area contributed by atoms with Gasteiger partial charge in [-0.1, -0.05) is 26.7 Å². The van der Waals surface area contributed by atoms with Crippen LogP contribution < -0.4 is 5.32 Å². The molecule has 1 aliphatic carbocycles. The Balaban J connectivity index is 2.26. The monoisotopic (exact) mass is 237 g/mol. The average Bonchev–Trinajstić information content (AvgIpc) is 2.85. The van der Waals surface area contributed by atoms with Crippen LogP contribution in [0, 0.1) is 12.3 Å². The Morgan fingerprint density at radius 1 is 1.44 bits per heavy atom. The van der Waals surface area contributed by atoms with Gasteiger partial charge in [-0.3, -0.25) is 0 Å². The first-order valence-electron chi connectivity index (χ1n) is 6.45. The van der Waals surface area contributed by atoms with Crippen molar-refractivity contribution in [1.29, 1.82) is 0 Å². The first-order valence-corrected chi connectivity index (χ1v) is 7.33. The Bertz CT molecular complexity index is 336. The zero-order valence-electron chi connectivity index (χ0n) is 10.7. The van der Waals surface area contributed by atoms with E-state index < -0.39 is 0 Å². The van der Waals surface area contributed by atoms with Gasteiger partial charge in [-0.25, -0.2) is 0 Å². The van der Waals surface area contributed by atoms with Crippen LogP contribution >= 0.6 is 11.3 Å². The molecule has 1 nitrogen and oxygen atoms in total. The Hall–Kier alpha value is -0.340. The van der Waals surface area contributed by atoms with Crippen molar-refractivity contribution in [2.24, 2.45) is 5.41 Å². The summed E-state index contributed by atoms with van der Waals surface area (Å²) in [4.78, 5) is 1.49. The molecule has 2 heteroatoms. The largest absolute Gasteiger partial charge is 0.310 e. The summed E-state index contributed by atoms with van der Waals surface area (Å²) in [6.45, 7) is 8.00. The summed E-state index contributed by atoms with van der Waals surface area (Å²) in [7, 11) is 0. The molecule has 1 heterocycles. The second kappa shape index (κ2) is 4.89. The minimum Gasteiger partial charge on any atom is -0.310 e. The van der Waals surface area contributed by atoms with Crippen LogP contribution in [0.4, 0.5) is 0 Å². The molecule has 1 unspecified atom stereocenters. The fraction of sp³-hybridized carbons (Fsp3) is 0.714. The molecule has 1 atom stereocenters. The van der Waals surface area contributed by atoms with Gasteiger partial charge in [0.05, 0.1) is 0 Å². The molecule has 1 saturated carbocycles. The fourth-order valence-corrected chi connectivity index (χ4v) is 3.84. The second-order valence-corrected chi connectivity index (χ2v) is 6.40. The zero-order valence-corrected chi connectivity index (χ0v) is 11.5. The highest BCUT2D eigenvalue weighted by molar-refractivity contribution is 7.10. The smallest absolute Gasteiger partial charge is 0.0385 e. The molecular formula is C14H23NS. The standard InChI is InChI=1S/C14H23NS/c1-4-15-13(12-7-10-16-11(12)2)14(3)8-5-6-9-14/h7,10,13,15H,4-6,8-9H2,1-3H3. The van der Waals surface area contributed by atoms with E-state index in [1.807, 2.05) is 11.3 Å². The number of hydrogen-bond donors (Lipinski definition) is 1. The molecule has 0 spiro atoms. The molecule has 0 amide bonds. The number of nitrogens with one attached hydrogen (secondary N) is 1. The minimum absolute atomic E-state index is 0.474. The molecule has 0 bridgehead atoms. The summed E-state index contributed by atoms with van der Waals surface area (Å²) in [5, 5.41) is 5.94. The van der Waals surface area contributed by atoms with E-state index in [4.69, 9.17) is 0 Å². The van der Waals surface area contributed by atoms with E-state index in [9.17, 15) is 0 Å². The van der Waals surface area contributed by atoms with E-state index in [-0.39, 0.29) is 0 Å². The maximum absolute atomic E-state index is 3.71. The summed E-state index contributed by atoms with van der Waals surface area (Å²) in [6.07, 6.45) is 5.56. The molecule has 1 fully saturated rings. The van der Waals surface area contributed by atoms with Crippen LogP contribution in [0.2, 0.25) is 0 Å². The lowest BCUT2D eigenvalue weighted by molar-refractivity contribution is 0.226. The van der Waals surface area contributed by atoms with Gasteiger partial charge in [-0.05, 0) is 48.7 Å². The summed E-state index contributed by atoms with van der Waals surface area (Å²) < 4.78 is 0. The van der Waals surface area contributed by atoms with E-state index in [2.05, 4.69) is 37.5 Å². The van der Waals surface area contributed by atoms with Crippen molar-refractivity contribution in [3.63, 3.8) is 0 Å². The highest BCUT2D eigenvalue weighted by Gasteiger charge is 2.38. The Labute approximate surface area is 103 Å². The van der Waals surface area contributed by atoms with Crippen LogP contribution in [0.3, 0.4) is 0 Å². The quantitative estimate of drug-likeness (QED) is 0.824. The molecule has 1 aromatic heterocycles. The first kappa shape index (κ1) is 12.1. The minimum atomic E-state index is 0.474. The Morgan fingerprint density at radius 2 is 2.12 bits per heavy atom. The molecule has 2 rings (SSSR count). The molecule has 1 N–H and O–H groups in total. The molecule has 1 aromatic rings. The van der Waals surface area contributed by atoms with Crippen LogP contribution in [0.5, 0.6) is 0 Å². The van der Waals surface area contributed by atoms with Crippen molar-refractivity contribution in [2.45, 2.75) is 52.5 Å². The number of aryl methyl sites for hydroxylation is 1. The van der Waals surface area contributed by atoms with E-state index in [1.54, 1.807) is 0 Å². The van der Waals surface area contributed by atoms with Gasteiger partial charge in [0, 0.05) is 10.9 Å². The third-order valence-corrected chi connectivity index (χ3v) is 4.92. The lowest BCUT2D eigenvalue weighted by Crippen LogP contribution is -2.34.